The Hall–Kier alpha value is -2.89. The van der Waals surface area contributed by atoms with Crippen molar-refractivity contribution in [2.75, 3.05) is 0 Å². The van der Waals surface area contributed by atoms with Crippen molar-refractivity contribution in [1.29, 1.82) is 0 Å². The van der Waals surface area contributed by atoms with Crippen LogP contribution < -0.4 is 5.32 Å². The normalized spacial score (nSPS) is 16.1. The summed E-state index contributed by atoms with van der Waals surface area (Å²) in [4.78, 5) is 22.8. The predicted molar refractivity (Wildman–Crippen MR) is 88.5 cm³/mol. The summed E-state index contributed by atoms with van der Waals surface area (Å²) in [6, 6.07) is 14.2. The molecule has 3 rings (SSSR count). The number of alkyl carbamates (subject to hydrolysis) is 1. The quantitative estimate of drug-likeness (QED) is 0.682. The van der Waals surface area contributed by atoms with Crippen LogP contribution in [0.1, 0.15) is 35.6 Å². The zero-order valence-corrected chi connectivity index (χ0v) is 13.1. The summed E-state index contributed by atoms with van der Waals surface area (Å²) in [5, 5.41) is 14.0. The largest absolute Gasteiger partial charge is 0.445 e. The first-order valence-corrected chi connectivity index (χ1v) is 7.88. The Morgan fingerprint density at radius 2 is 2.00 bits per heavy atom. The lowest BCUT2D eigenvalue weighted by atomic mass is 9.87. The summed E-state index contributed by atoms with van der Waals surface area (Å²) in [6.45, 7) is 0.196. The average molecular weight is 326 g/mol. The lowest BCUT2D eigenvalue weighted by molar-refractivity contribution is -0.385. The van der Waals surface area contributed by atoms with E-state index in [1.807, 2.05) is 36.4 Å². The molecule has 24 heavy (non-hydrogen) atoms. The highest BCUT2D eigenvalue weighted by molar-refractivity contribution is 5.68. The number of amides is 1. The Morgan fingerprint density at radius 3 is 2.75 bits per heavy atom. The molecule has 1 aliphatic carbocycles. The van der Waals surface area contributed by atoms with Gasteiger partial charge in [0.05, 0.1) is 11.0 Å². The van der Waals surface area contributed by atoms with Gasteiger partial charge >= 0.3 is 6.09 Å². The minimum atomic E-state index is -0.511. The number of carbonyl (C=O) groups is 1. The Bertz CT molecular complexity index is 746. The van der Waals surface area contributed by atoms with Gasteiger partial charge in [-0.2, -0.15) is 0 Å². The van der Waals surface area contributed by atoms with Crippen LogP contribution in [0.5, 0.6) is 0 Å². The molecule has 1 atom stereocenters. The zero-order valence-electron chi connectivity index (χ0n) is 13.1. The molecule has 6 nitrogen and oxygen atoms in total. The van der Waals surface area contributed by atoms with E-state index in [2.05, 4.69) is 5.32 Å². The number of benzene rings is 2. The van der Waals surface area contributed by atoms with Crippen molar-refractivity contribution in [3.8, 4) is 0 Å². The molecule has 0 heterocycles. The van der Waals surface area contributed by atoms with Crippen LogP contribution in [0.15, 0.2) is 48.5 Å². The fourth-order valence-corrected chi connectivity index (χ4v) is 3.06. The van der Waals surface area contributed by atoms with Crippen LogP contribution in [0.3, 0.4) is 0 Å². The smallest absolute Gasteiger partial charge is 0.407 e. The molecule has 0 saturated heterocycles. The Kier molecular flexibility index (Phi) is 4.74. The van der Waals surface area contributed by atoms with E-state index in [4.69, 9.17) is 4.74 Å². The van der Waals surface area contributed by atoms with Crippen LogP contribution >= 0.6 is 0 Å². The molecule has 0 unspecified atom stereocenters. The van der Waals surface area contributed by atoms with Crippen LogP contribution in [0.2, 0.25) is 0 Å². The number of fused-ring (bicyclic) bond motifs is 1. The molecule has 2 aromatic carbocycles. The topological polar surface area (TPSA) is 81.5 Å². The summed E-state index contributed by atoms with van der Waals surface area (Å²) < 4.78 is 5.24. The molecule has 2 aromatic rings. The lowest BCUT2D eigenvalue weighted by Gasteiger charge is -2.25. The molecule has 0 fully saturated rings. The van der Waals surface area contributed by atoms with E-state index >= 15 is 0 Å². The molecule has 124 valence electrons. The van der Waals surface area contributed by atoms with Crippen molar-refractivity contribution >= 4 is 11.8 Å². The highest BCUT2D eigenvalue weighted by atomic mass is 16.6. The summed E-state index contributed by atoms with van der Waals surface area (Å²) in [6.07, 6.45) is 1.68. The SMILES string of the molecule is O=C(N[C@@H]1CCCc2c1cccc2[N+](=O)[O-])OCc1ccccc1. The maximum Gasteiger partial charge on any atom is 0.407 e. The number of hydrogen-bond acceptors (Lipinski definition) is 4. The molecule has 0 aliphatic heterocycles. The summed E-state index contributed by atoms with van der Waals surface area (Å²) in [7, 11) is 0. The summed E-state index contributed by atoms with van der Waals surface area (Å²) in [5.74, 6) is 0. The third-order valence-electron chi connectivity index (χ3n) is 4.18. The lowest BCUT2D eigenvalue weighted by Crippen LogP contribution is -2.31. The van der Waals surface area contributed by atoms with E-state index in [9.17, 15) is 14.9 Å². The maximum absolute atomic E-state index is 12.0. The maximum atomic E-state index is 12.0. The van der Waals surface area contributed by atoms with Gasteiger partial charge in [0.2, 0.25) is 0 Å². The molecule has 1 N–H and O–H groups in total. The van der Waals surface area contributed by atoms with E-state index in [1.165, 1.54) is 6.07 Å². The fourth-order valence-electron chi connectivity index (χ4n) is 3.06. The molecule has 1 aliphatic rings. The monoisotopic (exact) mass is 326 g/mol. The number of nitro benzene ring substituents is 1. The van der Waals surface area contributed by atoms with Gasteiger partial charge in [0, 0.05) is 11.6 Å². The van der Waals surface area contributed by atoms with Gasteiger partial charge in [-0.25, -0.2) is 4.79 Å². The van der Waals surface area contributed by atoms with Gasteiger partial charge in [-0.3, -0.25) is 10.1 Å². The van der Waals surface area contributed by atoms with Crippen molar-refractivity contribution < 1.29 is 14.5 Å². The second kappa shape index (κ2) is 7.12. The number of nitrogens with one attached hydrogen (secondary N) is 1. The highest BCUT2D eigenvalue weighted by Crippen LogP contribution is 2.35. The summed E-state index contributed by atoms with van der Waals surface area (Å²) >= 11 is 0. The molecule has 0 radical (unpaired) electrons. The van der Waals surface area contributed by atoms with E-state index in [0.717, 1.165) is 24.0 Å². The van der Waals surface area contributed by atoms with Crippen molar-refractivity contribution in [1.82, 2.24) is 5.32 Å². The number of ether oxygens (including phenoxy) is 1. The van der Waals surface area contributed by atoms with E-state index in [0.29, 0.717) is 12.0 Å². The first-order valence-electron chi connectivity index (χ1n) is 7.88. The van der Waals surface area contributed by atoms with Gasteiger partial charge in [-0.1, -0.05) is 42.5 Å². The third-order valence-corrected chi connectivity index (χ3v) is 4.18. The predicted octanol–water partition coefficient (Wildman–Crippen LogP) is 3.90. The number of hydrogen-bond donors (Lipinski definition) is 1. The molecule has 0 saturated carbocycles. The Labute approximate surface area is 139 Å². The number of nitro groups is 1. The van der Waals surface area contributed by atoms with Crippen LogP contribution in [-0.2, 0) is 17.8 Å². The van der Waals surface area contributed by atoms with Crippen LogP contribution in [0.25, 0.3) is 0 Å². The molecule has 6 heteroatoms. The first-order chi connectivity index (χ1) is 11.6. The van der Waals surface area contributed by atoms with Crippen LogP contribution in [0, 0.1) is 10.1 Å². The molecular weight excluding hydrogens is 308 g/mol. The molecule has 0 bridgehead atoms. The van der Waals surface area contributed by atoms with Gasteiger partial charge in [0.1, 0.15) is 6.61 Å². The average Bonchev–Trinajstić information content (AvgIpc) is 2.60. The number of nitrogens with zero attached hydrogens (tertiary/aromatic N) is 1. The number of carbonyl (C=O) groups excluding carboxylic acids is 1. The van der Waals surface area contributed by atoms with E-state index in [-0.39, 0.29) is 23.3 Å². The van der Waals surface area contributed by atoms with Crippen molar-refractivity contribution in [3.63, 3.8) is 0 Å². The minimum Gasteiger partial charge on any atom is -0.445 e. The fraction of sp³-hybridized carbons (Fsp3) is 0.278. The Morgan fingerprint density at radius 1 is 1.21 bits per heavy atom. The highest BCUT2D eigenvalue weighted by Gasteiger charge is 2.27. The van der Waals surface area contributed by atoms with E-state index in [1.54, 1.807) is 6.07 Å². The van der Waals surface area contributed by atoms with Crippen molar-refractivity contribution in [3.05, 3.63) is 75.3 Å². The molecule has 0 aromatic heterocycles. The standard InChI is InChI=1S/C18H18N2O4/c21-18(24-12-13-6-2-1-3-7-13)19-16-10-4-9-15-14(16)8-5-11-17(15)20(22)23/h1-3,5-8,11,16H,4,9-10,12H2,(H,19,21)/t16-/m1/s1. The van der Waals surface area contributed by atoms with Gasteiger partial charge in [-0.15, -0.1) is 0 Å². The van der Waals surface area contributed by atoms with Crippen LogP contribution in [0.4, 0.5) is 10.5 Å². The third kappa shape index (κ3) is 3.53. The van der Waals surface area contributed by atoms with Gasteiger partial charge in [0.25, 0.3) is 5.69 Å². The molecule has 0 spiro atoms. The Balaban J connectivity index is 1.68. The second-order valence-corrected chi connectivity index (χ2v) is 5.75. The van der Waals surface area contributed by atoms with Gasteiger partial charge < -0.3 is 10.1 Å². The zero-order chi connectivity index (χ0) is 16.9. The second-order valence-electron chi connectivity index (χ2n) is 5.75. The number of rotatable bonds is 4. The first kappa shape index (κ1) is 16.0. The summed E-state index contributed by atoms with van der Waals surface area (Å²) in [5.41, 5.74) is 2.55. The van der Waals surface area contributed by atoms with E-state index < -0.39 is 6.09 Å². The van der Waals surface area contributed by atoms with Gasteiger partial charge in [0.15, 0.2) is 0 Å². The van der Waals surface area contributed by atoms with Crippen LogP contribution in [-0.4, -0.2) is 11.0 Å². The van der Waals surface area contributed by atoms with Crippen molar-refractivity contribution in [2.45, 2.75) is 31.9 Å². The molecule has 1 amide bonds. The van der Waals surface area contributed by atoms with Crippen molar-refractivity contribution in [2.24, 2.45) is 0 Å². The minimum absolute atomic E-state index is 0.122. The molecular formula is C18H18N2O4. The van der Waals surface area contributed by atoms with Gasteiger partial charge in [-0.05, 0) is 30.4 Å².